The molecule has 5 heteroatoms. The first-order valence-corrected chi connectivity index (χ1v) is 10.4. The standard InChI is InChI=1S/C21H25NO3S/c23-21(12-17-8-10-26-15-17)22(18-6-7-18)13-16-3-1-4-19(11-16)25-14-20-5-2-9-24-20/h1,3-4,8,10-11,15,18,20H,2,5-7,9,12-14H2. The third-order valence-corrected chi connectivity index (χ3v) is 5.69. The molecule has 138 valence electrons. The van der Waals surface area contributed by atoms with Gasteiger partial charge in [0.25, 0.3) is 0 Å². The van der Waals surface area contributed by atoms with Crippen LogP contribution < -0.4 is 4.74 Å². The molecule has 1 aliphatic carbocycles. The van der Waals surface area contributed by atoms with Crippen LogP contribution in [-0.2, 0) is 22.5 Å². The molecule has 1 saturated carbocycles. The molecule has 4 nitrogen and oxygen atoms in total. The molecule has 0 spiro atoms. The Balaban J connectivity index is 1.37. The van der Waals surface area contributed by atoms with Crippen molar-refractivity contribution in [1.82, 2.24) is 4.90 Å². The van der Waals surface area contributed by atoms with Gasteiger partial charge in [-0.15, -0.1) is 0 Å². The molecule has 0 radical (unpaired) electrons. The highest BCUT2D eigenvalue weighted by atomic mass is 32.1. The predicted octanol–water partition coefficient (Wildman–Crippen LogP) is 4.04. The fraction of sp³-hybridized carbons (Fsp3) is 0.476. The van der Waals surface area contributed by atoms with Crippen molar-refractivity contribution >= 4 is 17.2 Å². The average molecular weight is 372 g/mol. The number of amides is 1. The Morgan fingerprint density at radius 1 is 1.23 bits per heavy atom. The van der Waals surface area contributed by atoms with Crippen molar-refractivity contribution in [2.45, 2.75) is 50.8 Å². The second-order valence-corrected chi connectivity index (χ2v) is 7.93. The molecule has 1 unspecified atom stereocenters. The molecule has 1 aliphatic heterocycles. The van der Waals surface area contributed by atoms with Crippen LogP contribution in [0.25, 0.3) is 0 Å². The maximum atomic E-state index is 12.8. The van der Waals surface area contributed by atoms with Gasteiger partial charge in [0.2, 0.25) is 5.91 Å². The molecule has 4 rings (SSSR count). The van der Waals surface area contributed by atoms with Crippen LogP contribution in [0.3, 0.4) is 0 Å². The Labute approximate surface area is 158 Å². The summed E-state index contributed by atoms with van der Waals surface area (Å²) < 4.78 is 11.5. The Kier molecular flexibility index (Phi) is 5.56. The van der Waals surface area contributed by atoms with Crippen LogP contribution in [0.2, 0.25) is 0 Å². The smallest absolute Gasteiger partial charge is 0.227 e. The van der Waals surface area contributed by atoms with Crippen LogP contribution in [0.1, 0.15) is 36.8 Å². The van der Waals surface area contributed by atoms with Crippen molar-refractivity contribution in [1.29, 1.82) is 0 Å². The van der Waals surface area contributed by atoms with Crippen LogP contribution in [0.5, 0.6) is 5.75 Å². The van der Waals surface area contributed by atoms with E-state index >= 15 is 0 Å². The Bertz CT molecular complexity index is 721. The van der Waals surface area contributed by atoms with Gasteiger partial charge in [0.15, 0.2) is 0 Å². The number of carbonyl (C=O) groups is 1. The number of benzene rings is 1. The van der Waals surface area contributed by atoms with Crippen LogP contribution in [0, 0.1) is 0 Å². The summed E-state index contributed by atoms with van der Waals surface area (Å²) in [5.41, 5.74) is 2.24. The third kappa shape index (κ3) is 4.65. The van der Waals surface area contributed by atoms with Crippen molar-refractivity contribution in [2.24, 2.45) is 0 Å². The van der Waals surface area contributed by atoms with Crippen molar-refractivity contribution in [3.63, 3.8) is 0 Å². The van der Waals surface area contributed by atoms with E-state index in [1.54, 1.807) is 11.3 Å². The number of ether oxygens (including phenoxy) is 2. The molecule has 1 saturated heterocycles. The molecule has 2 aliphatic rings. The van der Waals surface area contributed by atoms with Crippen molar-refractivity contribution in [3.05, 3.63) is 52.2 Å². The molecule has 1 aromatic heterocycles. The summed E-state index contributed by atoms with van der Waals surface area (Å²) >= 11 is 1.64. The first-order valence-electron chi connectivity index (χ1n) is 9.42. The van der Waals surface area contributed by atoms with E-state index in [9.17, 15) is 4.79 Å². The van der Waals surface area contributed by atoms with E-state index in [4.69, 9.17) is 9.47 Å². The van der Waals surface area contributed by atoms with E-state index in [-0.39, 0.29) is 12.0 Å². The fourth-order valence-corrected chi connectivity index (χ4v) is 4.04. The zero-order valence-electron chi connectivity index (χ0n) is 14.9. The Morgan fingerprint density at radius 3 is 2.88 bits per heavy atom. The lowest BCUT2D eigenvalue weighted by Gasteiger charge is -2.23. The largest absolute Gasteiger partial charge is 0.491 e. The average Bonchev–Trinajstić information content (AvgIpc) is 3.12. The van der Waals surface area contributed by atoms with Crippen LogP contribution >= 0.6 is 11.3 Å². The molecule has 0 bridgehead atoms. The normalized spacial score (nSPS) is 19.5. The number of carbonyl (C=O) groups excluding carboxylic acids is 1. The fourth-order valence-electron chi connectivity index (χ4n) is 3.37. The third-order valence-electron chi connectivity index (χ3n) is 4.95. The number of rotatable bonds is 8. The van der Waals surface area contributed by atoms with Crippen molar-refractivity contribution in [3.8, 4) is 5.75 Å². The highest BCUT2D eigenvalue weighted by molar-refractivity contribution is 7.08. The van der Waals surface area contributed by atoms with Crippen LogP contribution in [0.4, 0.5) is 0 Å². The van der Waals surface area contributed by atoms with Gasteiger partial charge in [-0.2, -0.15) is 11.3 Å². The molecular formula is C21H25NO3S. The zero-order valence-corrected chi connectivity index (χ0v) is 15.7. The van der Waals surface area contributed by atoms with E-state index in [0.29, 0.717) is 25.6 Å². The van der Waals surface area contributed by atoms with Crippen molar-refractivity contribution < 1.29 is 14.3 Å². The molecular weight excluding hydrogens is 346 g/mol. The molecule has 2 aromatic rings. The molecule has 2 heterocycles. The van der Waals surface area contributed by atoms with Gasteiger partial charge in [-0.25, -0.2) is 0 Å². The van der Waals surface area contributed by atoms with E-state index in [0.717, 1.165) is 49.2 Å². The quantitative estimate of drug-likeness (QED) is 0.703. The number of thiophene rings is 1. The van der Waals surface area contributed by atoms with Gasteiger partial charge in [0, 0.05) is 19.2 Å². The maximum Gasteiger partial charge on any atom is 0.227 e. The van der Waals surface area contributed by atoms with Gasteiger partial charge in [-0.1, -0.05) is 12.1 Å². The summed E-state index contributed by atoms with van der Waals surface area (Å²) in [5.74, 6) is 1.08. The Morgan fingerprint density at radius 2 is 2.15 bits per heavy atom. The summed E-state index contributed by atoms with van der Waals surface area (Å²) in [5, 5.41) is 4.08. The van der Waals surface area contributed by atoms with Gasteiger partial charge in [0.1, 0.15) is 12.4 Å². The minimum Gasteiger partial charge on any atom is -0.491 e. The lowest BCUT2D eigenvalue weighted by Crippen LogP contribution is -2.33. The van der Waals surface area contributed by atoms with E-state index < -0.39 is 0 Å². The van der Waals surface area contributed by atoms with E-state index in [1.165, 1.54) is 0 Å². The number of hydrogen-bond donors (Lipinski definition) is 0. The first-order chi connectivity index (χ1) is 12.8. The second-order valence-electron chi connectivity index (χ2n) is 7.15. The van der Waals surface area contributed by atoms with E-state index in [2.05, 4.69) is 17.5 Å². The maximum absolute atomic E-state index is 12.8. The summed E-state index contributed by atoms with van der Waals surface area (Å²) in [6.07, 6.45) is 5.14. The molecule has 0 N–H and O–H groups in total. The Hall–Kier alpha value is -1.85. The van der Waals surface area contributed by atoms with Crippen LogP contribution in [-0.4, -0.2) is 36.2 Å². The topological polar surface area (TPSA) is 38.8 Å². The predicted molar refractivity (Wildman–Crippen MR) is 103 cm³/mol. The highest BCUT2D eigenvalue weighted by Crippen LogP contribution is 2.30. The summed E-state index contributed by atoms with van der Waals surface area (Å²) in [7, 11) is 0. The monoisotopic (exact) mass is 371 g/mol. The lowest BCUT2D eigenvalue weighted by atomic mass is 10.1. The van der Waals surface area contributed by atoms with Crippen molar-refractivity contribution in [2.75, 3.05) is 13.2 Å². The van der Waals surface area contributed by atoms with Gasteiger partial charge in [-0.05, 0) is 65.8 Å². The second kappa shape index (κ2) is 8.23. The molecule has 2 fully saturated rings. The summed E-state index contributed by atoms with van der Waals surface area (Å²) in [4.78, 5) is 14.8. The van der Waals surface area contributed by atoms with E-state index in [1.807, 2.05) is 28.5 Å². The highest BCUT2D eigenvalue weighted by Gasteiger charge is 2.32. The zero-order chi connectivity index (χ0) is 17.8. The van der Waals surface area contributed by atoms with Gasteiger partial charge >= 0.3 is 0 Å². The SMILES string of the molecule is O=C(Cc1ccsc1)N(Cc1cccc(OCC2CCCO2)c1)C1CC1. The summed E-state index contributed by atoms with van der Waals surface area (Å²) in [6.45, 7) is 2.11. The number of hydrogen-bond acceptors (Lipinski definition) is 4. The molecule has 1 aromatic carbocycles. The minimum absolute atomic E-state index is 0.216. The molecule has 1 atom stereocenters. The summed E-state index contributed by atoms with van der Waals surface area (Å²) in [6, 6.07) is 10.6. The number of nitrogens with zero attached hydrogens (tertiary/aromatic N) is 1. The van der Waals surface area contributed by atoms with Gasteiger partial charge in [0.05, 0.1) is 12.5 Å². The van der Waals surface area contributed by atoms with Gasteiger partial charge < -0.3 is 14.4 Å². The van der Waals surface area contributed by atoms with Gasteiger partial charge in [-0.3, -0.25) is 4.79 Å². The first kappa shape index (κ1) is 17.6. The molecule has 1 amide bonds. The molecule has 26 heavy (non-hydrogen) atoms. The van der Waals surface area contributed by atoms with Crippen LogP contribution in [0.15, 0.2) is 41.1 Å². The lowest BCUT2D eigenvalue weighted by molar-refractivity contribution is -0.131. The minimum atomic E-state index is 0.216.